The third-order valence-electron chi connectivity index (χ3n) is 11.5. The van der Waals surface area contributed by atoms with E-state index in [0.717, 1.165) is 44.9 Å². The molecule has 1 N–H and O–H groups in total. The molecule has 1 fully saturated rings. The number of allylic oxidation sites excluding steroid dienone is 4. The predicted octanol–water partition coefficient (Wildman–Crippen LogP) is 9.42. The van der Waals surface area contributed by atoms with E-state index in [0.29, 0.717) is 24.4 Å². The maximum Gasteiger partial charge on any atom is 0.312 e. The molecule has 2 aromatic rings. The van der Waals surface area contributed by atoms with Crippen LogP contribution >= 0.6 is 0 Å². The molecule has 1 saturated carbocycles. The Bertz CT molecular complexity index is 1350. The normalized spacial score (nSPS) is 33.2. The molecule has 0 radical (unpaired) electrons. The van der Waals surface area contributed by atoms with Crippen molar-refractivity contribution in [3.05, 3.63) is 65.3 Å². The molecule has 3 aliphatic carbocycles. The largest absolute Gasteiger partial charge is 0.465 e. The van der Waals surface area contributed by atoms with Crippen LogP contribution in [0.25, 0.3) is 10.8 Å². The standard InChI is InChI=1S/C37H49NO2/c1-25(2)28-14-16-30-29(24-28)15-17-32-36(30,4)20-8-21-37(32,5)34(39)40-23-9-19-35(3)22-18-27-11-6-10-26-12-7-13-31(38-35)33(26)27/h6-7,10-13,15,24-25,30,32,38H,8-9,14,16-23H2,1-5H3. The van der Waals surface area contributed by atoms with Crippen molar-refractivity contribution < 1.29 is 9.53 Å². The van der Waals surface area contributed by atoms with Crippen LogP contribution in [-0.4, -0.2) is 18.1 Å². The molecule has 0 spiro atoms. The van der Waals surface area contributed by atoms with E-state index in [9.17, 15) is 4.79 Å². The highest BCUT2D eigenvalue weighted by Gasteiger charge is 2.57. The van der Waals surface area contributed by atoms with Gasteiger partial charge in [0, 0.05) is 16.6 Å². The zero-order chi connectivity index (χ0) is 28.1. The van der Waals surface area contributed by atoms with Crippen LogP contribution in [0.4, 0.5) is 5.69 Å². The molecule has 214 valence electrons. The average molecular weight is 540 g/mol. The van der Waals surface area contributed by atoms with E-state index in [1.165, 1.54) is 41.3 Å². The summed E-state index contributed by atoms with van der Waals surface area (Å²) in [4.78, 5) is 13.8. The SMILES string of the molecule is CC(C)C1=CC2=CCC3C(C)(C(=O)OCCCC4(C)CCc5cccc6cccc(c56)N4)CCCC3(C)C2CC1. The maximum absolute atomic E-state index is 13.8. The Morgan fingerprint density at radius 3 is 2.65 bits per heavy atom. The molecule has 0 aromatic heterocycles. The van der Waals surface area contributed by atoms with Crippen LogP contribution in [0.2, 0.25) is 0 Å². The first-order valence-electron chi connectivity index (χ1n) is 16.0. The van der Waals surface area contributed by atoms with Crippen LogP contribution < -0.4 is 5.32 Å². The number of aryl methyl sites for hydroxylation is 1. The quantitative estimate of drug-likeness (QED) is 0.293. The fraction of sp³-hybridized carbons (Fsp3) is 0.595. The Labute approximate surface area is 241 Å². The van der Waals surface area contributed by atoms with Crippen molar-refractivity contribution in [3.8, 4) is 0 Å². The van der Waals surface area contributed by atoms with Crippen molar-refractivity contribution in [2.24, 2.45) is 28.6 Å². The summed E-state index contributed by atoms with van der Waals surface area (Å²) in [6, 6.07) is 13.2. The van der Waals surface area contributed by atoms with Crippen LogP contribution in [0.3, 0.4) is 0 Å². The van der Waals surface area contributed by atoms with E-state index in [-0.39, 0.29) is 16.9 Å². The molecule has 0 amide bonds. The number of carbonyl (C=O) groups is 1. The fourth-order valence-corrected chi connectivity index (χ4v) is 9.10. The van der Waals surface area contributed by atoms with Crippen molar-refractivity contribution in [1.29, 1.82) is 0 Å². The van der Waals surface area contributed by atoms with Crippen molar-refractivity contribution >= 4 is 22.4 Å². The smallest absolute Gasteiger partial charge is 0.312 e. The fourth-order valence-electron chi connectivity index (χ4n) is 9.10. The Morgan fingerprint density at radius 1 is 1.05 bits per heavy atom. The number of anilines is 1. The van der Waals surface area contributed by atoms with E-state index >= 15 is 0 Å². The van der Waals surface area contributed by atoms with Crippen LogP contribution in [0, 0.1) is 28.6 Å². The summed E-state index contributed by atoms with van der Waals surface area (Å²) < 4.78 is 6.15. The zero-order valence-corrected chi connectivity index (χ0v) is 25.4. The molecule has 0 saturated heterocycles. The topological polar surface area (TPSA) is 38.3 Å². The lowest BCUT2D eigenvalue weighted by molar-refractivity contribution is -0.169. The maximum atomic E-state index is 13.8. The number of rotatable bonds is 6. The summed E-state index contributed by atoms with van der Waals surface area (Å²) in [7, 11) is 0. The number of carbonyl (C=O) groups excluding carboxylic acids is 1. The molecule has 1 heterocycles. The van der Waals surface area contributed by atoms with Crippen LogP contribution in [0.5, 0.6) is 0 Å². The molecule has 5 atom stereocenters. The third kappa shape index (κ3) is 4.72. The molecule has 5 unspecified atom stereocenters. The molecule has 2 aromatic carbocycles. The number of hydrogen-bond acceptors (Lipinski definition) is 3. The Kier molecular flexibility index (Phi) is 7.16. The Hall–Kier alpha value is -2.55. The van der Waals surface area contributed by atoms with Gasteiger partial charge in [-0.05, 0) is 117 Å². The lowest BCUT2D eigenvalue weighted by Crippen LogP contribution is -2.53. The number of esters is 1. The van der Waals surface area contributed by atoms with Gasteiger partial charge in [-0.2, -0.15) is 0 Å². The van der Waals surface area contributed by atoms with E-state index in [2.05, 4.69) is 88.5 Å². The second kappa shape index (κ2) is 10.4. The van der Waals surface area contributed by atoms with Gasteiger partial charge in [0.25, 0.3) is 0 Å². The molecule has 40 heavy (non-hydrogen) atoms. The molecule has 6 rings (SSSR count). The molecular weight excluding hydrogens is 490 g/mol. The average Bonchev–Trinajstić information content (AvgIpc) is 3.08. The summed E-state index contributed by atoms with van der Waals surface area (Å²) in [5, 5.41) is 6.56. The van der Waals surface area contributed by atoms with Gasteiger partial charge in [-0.15, -0.1) is 0 Å². The van der Waals surface area contributed by atoms with Crippen LogP contribution in [-0.2, 0) is 16.0 Å². The van der Waals surface area contributed by atoms with Gasteiger partial charge in [0.15, 0.2) is 0 Å². The third-order valence-corrected chi connectivity index (χ3v) is 11.5. The Morgan fingerprint density at radius 2 is 1.85 bits per heavy atom. The van der Waals surface area contributed by atoms with E-state index in [4.69, 9.17) is 4.74 Å². The van der Waals surface area contributed by atoms with Crippen molar-refractivity contribution in [1.82, 2.24) is 0 Å². The highest BCUT2D eigenvalue weighted by Crippen LogP contribution is 2.62. The number of ether oxygens (including phenoxy) is 1. The van der Waals surface area contributed by atoms with Crippen molar-refractivity contribution in [3.63, 3.8) is 0 Å². The van der Waals surface area contributed by atoms with Gasteiger partial charge in [0.1, 0.15) is 0 Å². The monoisotopic (exact) mass is 539 g/mol. The second-order valence-corrected chi connectivity index (χ2v) is 14.5. The predicted molar refractivity (Wildman–Crippen MR) is 166 cm³/mol. The van der Waals surface area contributed by atoms with Crippen LogP contribution in [0.15, 0.2) is 59.7 Å². The first-order valence-corrected chi connectivity index (χ1v) is 16.0. The molecule has 0 bridgehead atoms. The minimum atomic E-state index is -0.390. The van der Waals surface area contributed by atoms with E-state index in [1.54, 1.807) is 11.1 Å². The van der Waals surface area contributed by atoms with Crippen molar-refractivity contribution in [2.75, 3.05) is 11.9 Å². The van der Waals surface area contributed by atoms with Gasteiger partial charge in [0.05, 0.1) is 12.0 Å². The minimum absolute atomic E-state index is 0.0130. The molecule has 1 aliphatic heterocycles. The summed E-state index contributed by atoms with van der Waals surface area (Å²) in [6.45, 7) is 12.2. The number of fused-ring (bicyclic) bond motifs is 3. The van der Waals surface area contributed by atoms with Crippen molar-refractivity contribution in [2.45, 2.75) is 104 Å². The summed E-state index contributed by atoms with van der Waals surface area (Å²) >= 11 is 0. The van der Waals surface area contributed by atoms with Gasteiger partial charge in [-0.1, -0.05) is 75.2 Å². The lowest BCUT2D eigenvalue weighted by atomic mass is 9.47. The number of hydrogen-bond donors (Lipinski definition) is 1. The summed E-state index contributed by atoms with van der Waals surface area (Å²) in [5.74, 6) is 1.61. The van der Waals surface area contributed by atoms with Gasteiger partial charge in [-0.25, -0.2) is 0 Å². The molecule has 4 aliphatic rings. The minimum Gasteiger partial charge on any atom is -0.465 e. The summed E-state index contributed by atoms with van der Waals surface area (Å²) in [5.41, 5.74) is 5.60. The number of nitrogens with one attached hydrogen (secondary N) is 1. The highest BCUT2D eigenvalue weighted by molar-refractivity contribution is 5.97. The number of benzene rings is 2. The molecule has 3 heteroatoms. The molecular formula is C37H49NO2. The van der Waals surface area contributed by atoms with Gasteiger partial charge in [-0.3, -0.25) is 4.79 Å². The first kappa shape index (κ1) is 27.6. The zero-order valence-electron chi connectivity index (χ0n) is 25.4. The van der Waals surface area contributed by atoms with Gasteiger partial charge >= 0.3 is 5.97 Å². The first-order chi connectivity index (χ1) is 19.1. The van der Waals surface area contributed by atoms with E-state index in [1.807, 2.05) is 0 Å². The second-order valence-electron chi connectivity index (χ2n) is 14.5. The lowest BCUT2D eigenvalue weighted by Gasteiger charge is -2.57. The van der Waals surface area contributed by atoms with Crippen LogP contribution in [0.1, 0.15) is 98.0 Å². The van der Waals surface area contributed by atoms with E-state index < -0.39 is 5.41 Å². The van der Waals surface area contributed by atoms with Gasteiger partial charge in [0.2, 0.25) is 0 Å². The highest BCUT2D eigenvalue weighted by atomic mass is 16.5. The molecule has 3 nitrogen and oxygen atoms in total. The van der Waals surface area contributed by atoms with Gasteiger partial charge < -0.3 is 10.1 Å². The summed E-state index contributed by atoms with van der Waals surface area (Å²) in [6.07, 6.45) is 15.8. The Balaban J connectivity index is 1.10.